The quantitative estimate of drug-likeness (QED) is 0.690. The molecule has 2 heterocycles. The van der Waals surface area contributed by atoms with E-state index >= 15 is 0 Å². The maximum Gasteiger partial charge on any atom is 0.123 e. The third-order valence-corrected chi connectivity index (χ3v) is 5.84. The standard InChI is InChI=1S/C20H22N2OS/c1-23-19-9-8-15-5-2-3-7-17(15)18(19)14-22-11-4-6-16(13-22)20-21-10-12-24-20/h2-3,5,7-10,12,16H,4,6,11,13-14H2,1H3. The molecule has 0 spiro atoms. The molecule has 1 aromatic heterocycles. The summed E-state index contributed by atoms with van der Waals surface area (Å²) in [5.74, 6) is 1.56. The first-order valence-corrected chi connectivity index (χ1v) is 9.39. The van der Waals surface area contributed by atoms with Crippen LogP contribution in [0, 0.1) is 0 Å². The van der Waals surface area contributed by atoms with Gasteiger partial charge in [0.05, 0.1) is 12.1 Å². The molecule has 3 aromatic rings. The average Bonchev–Trinajstić information content (AvgIpc) is 3.17. The summed E-state index contributed by atoms with van der Waals surface area (Å²) in [6.45, 7) is 3.17. The molecule has 0 amide bonds. The number of hydrogen-bond acceptors (Lipinski definition) is 4. The Morgan fingerprint density at radius 1 is 1.25 bits per heavy atom. The SMILES string of the molecule is COc1ccc2ccccc2c1CN1CCCC(c2nccs2)C1. The van der Waals surface area contributed by atoms with Gasteiger partial charge in [0, 0.05) is 36.1 Å². The van der Waals surface area contributed by atoms with Gasteiger partial charge in [-0.1, -0.05) is 30.3 Å². The minimum absolute atomic E-state index is 0.569. The van der Waals surface area contributed by atoms with E-state index in [0.29, 0.717) is 5.92 Å². The van der Waals surface area contributed by atoms with E-state index in [1.807, 2.05) is 6.20 Å². The van der Waals surface area contributed by atoms with Crippen LogP contribution < -0.4 is 4.74 Å². The van der Waals surface area contributed by atoms with Gasteiger partial charge in [0.1, 0.15) is 5.75 Å². The highest BCUT2D eigenvalue weighted by Gasteiger charge is 2.24. The Balaban J connectivity index is 1.61. The Morgan fingerprint density at radius 2 is 2.17 bits per heavy atom. The Labute approximate surface area is 146 Å². The molecular formula is C20H22N2OS. The number of thiazole rings is 1. The van der Waals surface area contributed by atoms with Crippen molar-refractivity contribution in [2.75, 3.05) is 20.2 Å². The van der Waals surface area contributed by atoms with Gasteiger partial charge in [-0.3, -0.25) is 4.90 Å². The summed E-state index contributed by atoms with van der Waals surface area (Å²) in [7, 11) is 1.77. The third kappa shape index (κ3) is 3.04. The molecule has 0 N–H and O–H groups in total. The largest absolute Gasteiger partial charge is 0.496 e. The summed E-state index contributed by atoms with van der Waals surface area (Å²) in [4.78, 5) is 7.09. The van der Waals surface area contributed by atoms with Gasteiger partial charge in [-0.05, 0) is 36.2 Å². The number of fused-ring (bicyclic) bond motifs is 1. The maximum atomic E-state index is 5.66. The van der Waals surface area contributed by atoms with E-state index in [1.165, 1.54) is 34.2 Å². The Hall–Kier alpha value is -1.91. The fourth-order valence-corrected chi connectivity index (χ4v) is 4.50. The van der Waals surface area contributed by atoms with E-state index in [4.69, 9.17) is 4.74 Å². The molecule has 3 nitrogen and oxygen atoms in total. The molecule has 0 radical (unpaired) electrons. The summed E-state index contributed by atoms with van der Waals surface area (Å²) < 4.78 is 5.66. The highest BCUT2D eigenvalue weighted by molar-refractivity contribution is 7.09. The predicted molar refractivity (Wildman–Crippen MR) is 99.9 cm³/mol. The number of hydrogen-bond donors (Lipinski definition) is 0. The van der Waals surface area contributed by atoms with E-state index in [1.54, 1.807) is 18.4 Å². The molecule has 124 valence electrons. The van der Waals surface area contributed by atoms with Crippen molar-refractivity contribution in [3.63, 3.8) is 0 Å². The number of piperidine rings is 1. The zero-order valence-electron chi connectivity index (χ0n) is 13.9. The van der Waals surface area contributed by atoms with Gasteiger partial charge in [0.25, 0.3) is 0 Å². The van der Waals surface area contributed by atoms with Crippen molar-refractivity contribution < 1.29 is 4.74 Å². The lowest BCUT2D eigenvalue weighted by atomic mass is 9.97. The second-order valence-electron chi connectivity index (χ2n) is 6.41. The Kier molecular flexibility index (Phi) is 4.50. The zero-order valence-corrected chi connectivity index (χ0v) is 14.8. The van der Waals surface area contributed by atoms with Crippen LogP contribution in [0.15, 0.2) is 48.0 Å². The first-order chi connectivity index (χ1) is 11.8. The minimum atomic E-state index is 0.569. The van der Waals surface area contributed by atoms with Crippen molar-refractivity contribution in [2.45, 2.75) is 25.3 Å². The van der Waals surface area contributed by atoms with Gasteiger partial charge in [0.15, 0.2) is 0 Å². The van der Waals surface area contributed by atoms with Gasteiger partial charge in [-0.2, -0.15) is 0 Å². The Morgan fingerprint density at radius 3 is 3.00 bits per heavy atom. The predicted octanol–water partition coefficient (Wildman–Crippen LogP) is 4.68. The van der Waals surface area contributed by atoms with Crippen molar-refractivity contribution in [1.82, 2.24) is 9.88 Å². The number of methoxy groups -OCH3 is 1. The smallest absolute Gasteiger partial charge is 0.123 e. The van der Waals surface area contributed by atoms with E-state index in [0.717, 1.165) is 25.4 Å². The van der Waals surface area contributed by atoms with E-state index in [9.17, 15) is 0 Å². The van der Waals surface area contributed by atoms with Crippen molar-refractivity contribution in [2.24, 2.45) is 0 Å². The minimum Gasteiger partial charge on any atom is -0.496 e. The van der Waals surface area contributed by atoms with Crippen molar-refractivity contribution in [1.29, 1.82) is 0 Å². The van der Waals surface area contributed by atoms with Crippen molar-refractivity contribution in [3.8, 4) is 5.75 Å². The molecule has 1 aliphatic rings. The zero-order chi connectivity index (χ0) is 16.4. The average molecular weight is 338 g/mol. The van der Waals surface area contributed by atoms with E-state index in [-0.39, 0.29) is 0 Å². The monoisotopic (exact) mass is 338 g/mol. The number of nitrogens with zero attached hydrogens (tertiary/aromatic N) is 2. The summed E-state index contributed by atoms with van der Waals surface area (Å²) in [6.07, 6.45) is 4.40. The fraction of sp³-hybridized carbons (Fsp3) is 0.350. The van der Waals surface area contributed by atoms with Crippen LogP contribution >= 0.6 is 11.3 Å². The van der Waals surface area contributed by atoms with Gasteiger partial charge in [0.2, 0.25) is 0 Å². The first-order valence-electron chi connectivity index (χ1n) is 8.51. The number of ether oxygens (including phenoxy) is 1. The normalized spacial score (nSPS) is 18.8. The van der Waals surface area contributed by atoms with Crippen LogP contribution in [0.5, 0.6) is 5.75 Å². The van der Waals surface area contributed by atoms with Crippen LogP contribution in [0.2, 0.25) is 0 Å². The molecule has 1 unspecified atom stereocenters. The van der Waals surface area contributed by atoms with Crippen LogP contribution in [-0.4, -0.2) is 30.1 Å². The summed E-state index contributed by atoms with van der Waals surface area (Å²) in [5.41, 5.74) is 1.30. The van der Waals surface area contributed by atoms with Crippen LogP contribution in [0.3, 0.4) is 0 Å². The maximum absolute atomic E-state index is 5.66. The van der Waals surface area contributed by atoms with E-state index < -0.39 is 0 Å². The molecular weight excluding hydrogens is 316 g/mol. The molecule has 1 saturated heterocycles. The molecule has 4 rings (SSSR count). The molecule has 0 aliphatic carbocycles. The number of benzene rings is 2. The highest BCUT2D eigenvalue weighted by Crippen LogP contribution is 2.33. The molecule has 24 heavy (non-hydrogen) atoms. The molecule has 1 atom stereocenters. The molecule has 4 heteroatoms. The lowest BCUT2D eigenvalue weighted by Gasteiger charge is -2.32. The third-order valence-electron chi connectivity index (χ3n) is 4.91. The molecule has 0 saturated carbocycles. The van der Waals surface area contributed by atoms with Crippen LogP contribution in [-0.2, 0) is 6.54 Å². The van der Waals surface area contributed by atoms with Gasteiger partial charge < -0.3 is 4.74 Å². The number of rotatable bonds is 4. The second-order valence-corrected chi connectivity index (χ2v) is 7.34. The Bertz CT molecular complexity index is 816. The topological polar surface area (TPSA) is 25.4 Å². The van der Waals surface area contributed by atoms with Crippen molar-refractivity contribution >= 4 is 22.1 Å². The summed E-state index contributed by atoms with van der Waals surface area (Å²) in [5, 5.41) is 5.95. The van der Waals surface area contributed by atoms with Crippen molar-refractivity contribution in [3.05, 3.63) is 58.5 Å². The lowest BCUT2D eigenvalue weighted by molar-refractivity contribution is 0.198. The van der Waals surface area contributed by atoms with Gasteiger partial charge >= 0.3 is 0 Å². The second kappa shape index (κ2) is 6.91. The number of aromatic nitrogens is 1. The first kappa shape index (κ1) is 15.6. The molecule has 1 fully saturated rings. The van der Waals surface area contributed by atoms with E-state index in [2.05, 4.69) is 51.7 Å². The van der Waals surface area contributed by atoms with Gasteiger partial charge in [-0.25, -0.2) is 4.98 Å². The van der Waals surface area contributed by atoms with Crippen LogP contribution in [0.4, 0.5) is 0 Å². The summed E-state index contributed by atoms with van der Waals surface area (Å²) in [6, 6.07) is 12.8. The van der Waals surface area contributed by atoms with Gasteiger partial charge in [-0.15, -0.1) is 11.3 Å². The van der Waals surface area contributed by atoms with Crippen LogP contribution in [0.25, 0.3) is 10.8 Å². The lowest BCUT2D eigenvalue weighted by Crippen LogP contribution is -2.34. The molecule has 0 bridgehead atoms. The van der Waals surface area contributed by atoms with Crippen LogP contribution in [0.1, 0.15) is 29.3 Å². The number of likely N-dealkylation sites (tertiary alicyclic amines) is 1. The fourth-order valence-electron chi connectivity index (χ4n) is 3.73. The molecule has 1 aliphatic heterocycles. The summed E-state index contributed by atoms with van der Waals surface area (Å²) >= 11 is 1.79. The highest BCUT2D eigenvalue weighted by atomic mass is 32.1. The molecule has 2 aromatic carbocycles.